The molecular formula is C12H19N4O+. The van der Waals surface area contributed by atoms with E-state index in [0.717, 1.165) is 12.6 Å². The number of nitrogens with zero attached hydrogens (tertiary/aromatic N) is 1. The number of aromatic nitrogens is 2. The summed E-state index contributed by atoms with van der Waals surface area (Å²) in [6, 6.07) is 0.507. The molecule has 2 rings (SSSR count). The molecule has 0 amide bonds. The highest BCUT2D eigenvalue weighted by atomic mass is 16.1. The molecule has 0 spiro atoms. The normalized spacial score (nSPS) is 23.2. The summed E-state index contributed by atoms with van der Waals surface area (Å²) >= 11 is 0. The second kappa shape index (κ2) is 4.79. The molecule has 1 heterocycles. The average molecular weight is 235 g/mol. The van der Waals surface area contributed by atoms with Gasteiger partial charge in [-0.2, -0.15) is 4.98 Å². The maximum Gasteiger partial charge on any atom is 0.265 e. The van der Waals surface area contributed by atoms with Crippen LogP contribution in [0.15, 0.2) is 4.79 Å². The third-order valence-corrected chi connectivity index (χ3v) is 3.57. The van der Waals surface area contributed by atoms with E-state index in [2.05, 4.69) is 22.2 Å². The average Bonchev–Trinajstić information content (AvgIpc) is 2.33. The highest BCUT2D eigenvalue weighted by Gasteiger charge is 2.32. The van der Waals surface area contributed by atoms with Crippen LogP contribution in [-0.4, -0.2) is 22.2 Å². The second-order valence-electron chi connectivity index (χ2n) is 4.69. The van der Waals surface area contributed by atoms with Crippen molar-refractivity contribution in [3.8, 4) is 0 Å². The van der Waals surface area contributed by atoms with Gasteiger partial charge in [-0.1, -0.05) is 13.8 Å². The monoisotopic (exact) mass is 235 g/mol. The van der Waals surface area contributed by atoms with Gasteiger partial charge >= 0.3 is 0 Å². The maximum absolute atomic E-state index is 11.8. The third-order valence-electron chi connectivity index (χ3n) is 3.57. The van der Waals surface area contributed by atoms with Gasteiger partial charge in [0.1, 0.15) is 11.4 Å². The summed E-state index contributed by atoms with van der Waals surface area (Å²) in [4.78, 5) is 18.9. The standard InChI is InChI=1S/C12H18N4O/c1-3-10-15-11(8(6-13)12(17)16-10)14-9-5-4-7(9)2/h6-7,9,13H,3-5H2,1-2H3,(H2,14,15,16,17)/p+1. The molecule has 4 N–H and O–H groups in total. The highest BCUT2D eigenvalue weighted by Crippen LogP contribution is 2.24. The van der Waals surface area contributed by atoms with Gasteiger partial charge in [-0.15, -0.1) is 0 Å². The Morgan fingerprint density at radius 2 is 2.35 bits per heavy atom. The van der Waals surface area contributed by atoms with Gasteiger partial charge in [0, 0.05) is 25.0 Å². The molecule has 5 heteroatoms. The van der Waals surface area contributed by atoms with E-state index in [1.54, 1.807) is 0 Å². The minimum atomic E-state index is -0.204. The van der Waals surface area contributed by atoms with Gasteiger partial charge in [0.15, 0.2) is 0 Å². The van der Waals surface area contributed by atoms with Crippen LogP contribution in [0.5, 0.6) is 0 Å². The zero-order valence-corrected chi connectivity index (χ0v) is 10.3. The number of rotatable bonds is 4. The van der Waals surface area contributed by atoms with E-state index in [4.69, 9.17) is 5.41 Å². The van der Waals surface area contributed by atoms with Crippen LogP contribution in [0, 0.1) is 11.3 Å². The van der Waals surface area contributed by atoms with Gasteiger partial charge in [-0.3, -0.25) is 10.1 Å². The number of aromatic amines is 1. The van der Waals surface area contributed by atoms with E-state index in [1.807, 2.05) is 6.92 Å². The summed E-state index contributed by atoms with van der Waals surface area (Å²) in [5, 5.41) is 9.38. The molecule has 0 saturated heterocycles. The summed E-state index contributed by atoms with van der Waals surface area (Å²) in [6.45, 7) is 4.17. The fourth-order valence-electron chi connectivity index (χ4n) is 2.13. The van der Waals surface area contributed by atoms with Crippen LogP contribution in [0.1, 0.15) is 38.1 Å². The van der Waals surface area contributed by atoms with Gasteiger partial charge in [-0.05, 0) is 6.42 Å². The minimum absolute atomic E-state index is 0.204. The summed E-state index contributed by atoms with van der Waals surface area (Å²) in [7, 11) is 0. The molecule has 17 heavy (non-hydrogen) atoms. The predicted octanol–water partition coefficient (Wildman–Crippen LogP) is 0.323. The van der Waals surface area contributed by atoms with Crippen molar-refractivity contribution >= 4 is 12.0 Å². The quantitative estimate of drug-likeness (QED) is 0.657. The van der Waals surface area contributed by atoms with Crippen molar-refractivity contribution in [3.05, 3.63) is 21.7 Å². The zero-order valence-electron chi connectivity index (χ0n) is 10.3. The Morgan fingerprint density at radius 1 is 1.59 bits per heavy atom. The van der Waals surface area contributed by atoms with E-state index >= 15 is 0 Å². The first kappa shape index (κ1) is 12.0. The molecule has 5 nitrogen and oxygen atoms in total. The number of quaternary nitrogens is 1. The lowest BCUT2D eigenvalue weighted by Gasteiger charge is -2.30. The van der Waals surface area contributed by atoms with Crippen LogP contribution < -0.4 is 10.9 Å². The molecule has 1 aromatic heterocycles. The number of H-pyrrole nitrogens is 1. The molecule has 0 aliphatic heterocycles. The summed E-state index contributed by atoms with van der Waals surface area (Å²) in [6.07, 6.45) is 4.20. The van der Waals surface area contributed by atoms with Crippen molar-refractivity contribution in [3.63, 3.8) is 0 Å². The van der Waals surface area contributed by atoms with Gasteiger partial charge < -0.3 is 10.4 Å². The Kier molecular flexibility index (Phi) is 3.38. The Morgan fingerprint density at radius 3 is 2.82 bits per heavy atom. The molecule has 0 radical (unpaired) electrons. The van der Waals surface area contributed by atoms with Crippen LogP contribution in [0.4, 0.5) is 5.82 Å². The number of aryl methyl sites for hydroxylation is 1. The molecule has 1 saturated carbocycles. The zero-order chi connectivity index (χ0) is 12.4. The van der Waals surface area contributed by atoms with E-state index in [9.17, 15) is 4.79 Å². The van der Waals surface area contributed by atoms with Crippen molar-refractivity contribution in [1.82, 2.24) is 9.97 Å². The van der Waals surface area contributed by atoms with Gasteiger partial charge in [0.05, 0.1) is 6.04 Å². The predicted molar refractivity (Wildman–Crippen MR) is 65.9 cm³/mol. The van der Waals surface area contributed by atoms with Crippen LogP contribution >= 0.6 is 0 Å². The van der Waals surface area contributed by atoms with E-state index in [-0.39, 0.29) is 5.56 Å². The van der Waals surface area contributed by atoms with Gasteiger partial charge in [-0.25, -0.2) is 0 Å². The summed E-state index contributed by atoms with van der Waals surface area (Å²) in [5.41, 5.74) is 0.173. The van der Waals surface area contributed by atoms with Gasteiger partial charge in [0.2, 0.25) is 5.82 Å². The molecule has 92 valence electrons. The molecule has 0 bridgehead atoms. The van der Waals surface area contributed by atoms with E-state index in [1.165, 1.54) is 6.42 Å². The number of nitrogens with one attached hydrogen (secondary N) is 2. The number of nitrogens with two attached hydrogens (primary N) is 1. The van der Waals surface area contributed by atoms with Crippen molar-refractivity contribution in [2.75, 3.05) is 0 Å². The Balaban J connectivity index is 2.32. The molecule has 0 aromatic carbocycles. The highest BCUT2D eigenvalue weighted by molar-refractivity contribution is 5.80. The lowest BCUT2D eigenvalue weighted by Crippen LogP contribution is -2.89. The van der Waals surface area contributed by atoms with Crippen LogP contribution in [0.3, 0.4) is 0 Å². The Hall–Kier alpha value is -1.49. The first-order valence-corrected chi connectivity index (χ1v) is 6.14. The number of hydrogen-bond acceptors (Lipinski definition) is 3. The Bertz CT molecular complexity index is 480. The van der Waals surface area contributed by atoms with Crippen LogP contribution in [0.25, 0.3) is 0 Å². The summed E-state index contributed by atoms with van der Waals surface area (Å²) < 4.78 is 0. The smallest absolute Gasteiger partial charge is 0.265 e. The van der Waals surface area contributed by atoms with Crippen molar-refractivity contribution < 1.29 is 5.32 Å². The summed E-state index contributed by atoms with van der Waals surface area (Å²) in [5.74, 6) is 2.04. The Labute approximate surface area is 100 Å². The molecular weight excluding hydrogens is 216 g/mol. The maximum atomic E-state index is 11.8. The molecule has 1 aliphatic carbocycles. The van der Waals surface area contributed by atoms with Crippen LogP contribution in [-0.2, 0) is 6.42 Å². The molecule has 1 aromatic rings. The first-order chi connectivity index (χ1) is 8.15. The molecule has 2 unspecified atom stereocenters. The fourth-order valence-corrected chi connectivity index (χ4v) is 2.13. The molecule has 2 atom stereocenters. The lowest BCUT2D eigenvalue weighted by atomic mass is 9.81. The largest absolute Gasteiger partial charge is 0.310 e. The SMILES string of the molecule is CCc1nc([NH2+]C2CCC2C)c(C=N)c(=O)[nH]1. The molecule has 1 aliphatic rings. The minimum Gasteiger partial charge on any atom is -0.310 e. The topological polar surface area (TPSA) is 86.2 Å². The first-order valence-electron chi connectivity index (χ1n) is 6.14. The van der Waals surface area contributed by atoms with Crippen molar-refractivity contribution in [2.45, 2.75) is 39.2 Å². The van der Waals surface area contributed by atoms with Crippen LogP contribution in [0.2, 0.25) is 0 Å². The van der Waals surface area contributed by atoms with E-state index in [0.29, 0.717) is 35.6 Å². The second-order valence-corrected chi connectivity index (χ2v) is 4.69. The lowest BCUT2D eigenvalue weighted by molar-refractivity contribution is -0.634. The number of hydrogen-bond donors (Lipinski definition) is 3. The van der Waals surface area contributed by atoms with Crippen molar-refractivity contribution in [1.29, 1.82) is 5.41 Å². The molecule has 1 fully saturated rings. The van der Waals surface area contributed by atoms with Crippen molar-refractivity contribution in [2.24, 2.45) is 5.92 Å². The van der Waals surface area contributed by atoms with Gasteiger partial charge in [0.25, 0.3) is 5.56 Å². The third kappa shape index (κ3) is 2.29. The fraction of sp³-hybridized carbons (Fsp3) is 0.583. The van der Waals surface area contributed by atoms with E-state index < -0.39 is 0 Å².